The molecular weight excluding hydrogens is 262 g/mol. The van der Waals surface area contributed by atoms with Crippen LogP contribution in [-0.2, 0) is 11.3 Å². The number of benzene rings is 1. The van der Waals surface area contributed by atoms with Crippen LogP contribution in [0.2, 0.25) is 0 Å². The minimum Gasteiger partial charge on any atom is -0.355 e. The zero-order valence-corrected chi connectivity index (χ0v) is 12.6. The van der Waals surface area contributed by atoms with E-state index in [-0.39, 0.29) is 11.9 Å². The summed E-state index contributed by atoms with van der Waals surface area (Å²) in [6.07, 6.45) is 4.35. The molecule has 2 N–H and O–H groups in total. The molecule has 2 atom stereocenters. The van der Waals surface area contributed by atoms with E-state index in [0.29, 0.717) is 6.04 Å². The molecule has 2 heterocycles. The Balaban J connectivity index is 1.49. The van der Waals surface area contributed by atoms with Crippen LogP contribution in [0, 0.1) is 0 Å². The highest BCUT2D eigenvalue weighted by Gasteiger charge is 2.28. The Hall–Kier alpha value is -1.39. The van der Waals surface area contributed by atoms with Crippen LogP contribution in [0.3, 0.4) is 0 Å². The fourth-order valence-electron chi connectivity index (χ4n) is 3.34. The maximum Gasteiger partial charge on any atom is 0.237 e. The van der Waals surface area contributed by atoms with Gasteiger partial charge in [0.2, 0.25) is 5.91 Å². The highest BCUT2D eigenvalue weighted by Crippen LogP contribution is 2.15. The highest BCUT2D eigenvalue weighted by atomic mass is 16.2. The van der Waals surface area contributed by atoms with E-state index in [9.17, 15) is 4.79 Å². The predicted octanol–water partition coefficient (Wildman–Crippen LogP) is 1.52. The second-order valence-corrected chi connectivity index (χ2v) is 6.21. The molecule has 2 saturated heterocycles. The van der Waals surface area contributed by atoms with E-state index in [1.807, 2.05) is 0 Å². The number of carbonyl (C=O) groups excluding carboxylic acids is 1. The molecule has 3 rings (SSSR count). The Bertz CT molecular complexity index is 462. The van der Waals surface area contributed by atoms with E-state index in [1.165, 1.54) is 5.56 Å². The van der Waals surface area contributed by atoms with Gasteiger partial charge in [-0.05, 0) is 31.2 Å². The molecule has 1 aromatic rings. The molecule has 114 valence electrons. The van der Waals surface area contributed by atoms with Crippen LogP contribution in [0.15, 0.2) is 30.3 Å². The number of nitrogens with one attached hydrogen (secondary N) is 2. The Morgan fingerprint density at radius 2 is 2.05 bits per heavy atom. The molecule has 0 spiro atoms. The molecule has 2 aliphatic rings. The molecule has 2 fully saturated rings. The van der Waals surface area contributed by atoms with Crippen molar-refractivity contribution in [1.29, 1.82) is 0 Å². The smallest absolute Gasteiger partial charge is 0.237 e. The van der Waals surface area contributed by atoms with Gasteiger partial charge in [-0.2, -0.15) is 0 Å². The Labute approximate surface area is 126 Å². The zero-order chi connectivity index (χ0) is 14.5. The number of rotatable bonds is 4. The molecule has 0 saturated carbocycles. The van der Waals surface area contributed by atoms with Gasteiger partial charge in [0.25, 0.3) is 0 Å². The summed E-state index contributed by atoms with van der Waals surface area (Å²) in [5, 5.41) is 6.57. The van der Waals surface area contributed by atoms with Gasteiger partial charge in [0.15, 0.2) is 0 Å². The maximum absolute atomic E-state index is 12.0. The lowest BCUT2D eigenvalue weighted by atomic mass is 10.1. The van der Waals surface area contributed by atoms with Gasteiger partial charge in [-0.25, -0.2) is 0 Å². The second kappa shape index (κ2) is 7.05. The van der Waals surface area contributed by atoms with E-state index < -0.39 is 0 Å². The van der Waals surface area contributed by atoms with Crippen LogP contribution in [-0.4, -0.2) is 42.5 Å². The Kier molecular flexibility index (Phi) is 4.88. The molecule has 2 aliphatic heterocycles. The normalized spacial score (nSPS) is 27.3. The molecule has 0 bridgehead atoms. The second-order valence-electron chi connectivity index (χ2n) is 6.21. The molecule has 0 radical (unpaired) electrons. The first-order chi connectivity index (χ1) is 10.3. The molecular formula is C17H25N3O. The summed E-state index contributed by atoms with van der Waals surface area (Å²) in [6.45, 7) is 4.00. The lowest BCUT2D eigenvalue weighted by Gasteiger charge is -2.21. The van der Waals surface area contributed by atoms with Crippen molar-refractivity contribution in [2.75, 3.05) is 19.6 Å². The van der Waals surface area contributed by atoms with Gasteiger partial charge in [0.1, 0.15) is 0 Å². The van der Waals surface area contributed by atoms with Gasteiger partial charge >= 0.3 is 0 Å². The van der Waals surface area contributed by atoms with Crippen LogP contribution in [0.5, 0.6) is 0 Å². The third-order valence-electron chi connectivity index (χ3n) is 4.49. The van der Waals surface area contributed by atoms with E-state index in [1.54, 1.807) is 0 Å². The first-order valence-electron chi connectivity index (χ1n) is 8.11. The van der Waals surface area contributed by atoms with Gasteiger partial charge in [-0.3, -0.25) is 9.69 Å². The van der Waals surface area contributed by atoms with Crippen molar-refractivity contribution in [2.24, 2.45) is 0 Å². The van der Waals surface area contributed by atoms with E-state index in [2.05, 4.69) is 45.9 Å². The van der Waals surface area contributed by atoms with Crippen LogP contribution in [0.4, 0.5) is 0 Å². The van der Waals surface area contributed by atoms with Crippen molar-refractivity contribution in [3.8, 4) is 0 Å². The molecule has 2 unspecified atom stereocenters. The molecule has 4 heteroatoms. The van der Waals surface area contributed by atoms with E-state index >= 15 is 0 Å². The van der Waals surface area contributed by atoms with E-state index in [4.69, 9.17) is 0 Å². The summed E-state index contributed by atoms with van der Waals surface area (Å²) in [5.41, 5.74) is 1.37. The van der Waals surface area contributed by atoms with Crippen molar-refractivity contribution in [2.45, 2.75) is 44.3 Å². The number of nitrogens with zero attached hydrogens (tertiary/aromatic N) is 1. The number of hydrogen-bond acceptors (Lipinski definition) is 3. The summed E-state index contributed by atoms with van der Waals surface area (Å²) in [5.74, 6) is 0.189. The van der Waals surface area contributed by atoms with Crippen molar-refractivity contribution in [3.05, 3.63) is 35.9 Å². The van der Waals surface area contributed by atoms with Gasteiger partial charge < -0.3 is 10.6 Å². The summed E-state index contributed by atoms with van der Waals surface area (Å²) in [7, 11) is 0. The summed E-state index contributed by atoms with van der Waals surface area (Å²) in [6, 6.07) is 11.1. The average Bonchev–Trinajstić information content (AvgIpc) is 2.83. The van der Waals surface area contributed by atoms with Gasteiger partial charge in [0, 0.05) is 32.2 Å². The lowest BCUT2D eigenvalue weighted by Crippen LogP contribution is -2.48. The topological polar surface area (TPSA) is 44.4 Å². The van der Waals surface area contributed by atoms with Gasteiger partial charge in [-0.1, -0.05) is 30.3 Å². The van der Waals surface area contributed by atoms with Crippen LogP contribution in [0.25, 0.3) is 0 Å². The zero-order valence-electron chi connectivity index (χ0n) is 12.6. The minimum atomic E-state index is 0.00850. The molecule has 0 aromatic heterocycles. The molecule has 21 heavy (non-hydrogen) atoms. The first-order valence-corrected chi connectivity index (χ1v) is 8.11. The maximum atomic E-state index is 12.0. The molecule has 4 nitrogen and oxygen atoms in total. The van der Waals surface area contributed by atoms with Crippen molar-refractivity contribution in [3.63, 3.8) is 0 Å². The van der Waals surface area contributed by atoms with Crippen LogP contribution < -0.4 is 10.6 Å². The quantitative estimate of drug-likeness (QED) is 0.882. The molecule has 1 amide bonds. The van der Waals surface area contributed by atoms with E-state index in [0.717, 1.165) is 51.9 Å². The number of likely N-dealkylation sites (tertiary alicyclic amines) is 1. The SMILES string of the molecule is O=C1NCCCCC1NC1CCN(Cc2ccccc2)C1. The van der Waals surface area contributed by atoms with Crippen molar-refractivity contribution in [1.82, 2.24) is 15.5 Å². The summed E-state index contributed by atoms with van der Waals surface area (Å²) in [4.78, 5) is 14.5. The minimum absolute atomic E-state index is 0.00850. The third-order valence-corrected chi connectivity index (χ3v) is 4.49. The average molecular weight is 287 g/mol. The van der Waals surface area contributed by atoms with Crippen molar-refractivity contribution >= 4 is 5.91 Å². The number of amides is 1. The summed E-state index contributed by atoms with van der Waals surface area (Å²) < 4.78 is 0. The fourth-order valence-corrected chi connectivity index (χ4v) is 3.34. The van der Waals surface area contributed by atoms with Crippen molar-refractivity contribution < 1.29 is 4.79 Å². The van der Waals surface area contributed by atoms with Crippen LogP contribution in [0.1, 0.15) is 31.2 Å². The largest absolute Gasteiger partial charge is 0.355 e. The van der Waals surface area contributed by atoms with Gasteiger partial charge in [-0.15, -0.1) is 0 Å². The standard InChI is InChI=1S/C17H25N3O/c21-17-16(8-4-5-10-18-17)19-15-9-11-20(13-15)12-14-6-2-1-3-7-14/h1-3,6-7,15-16,19H,4-5,8-13H2,(H,18,21). The number of carbonyl (C=O) groups is 1. The Morgan fingerprint density at radius 3 is 2.90 bits per heavy atom. The molecule has 1 aromatic carbocycles. The monoisotopic (exact) mass is 287 g/mol. The molecule has 0 aliphatic carbocycles. The third kappa shape index (κ3) is 4.05. The highest BCUT2D eigenvalue weighted by molar-refractivity contribution is 5.81. The summed E-state index contributed by atoms with van der Waals surface area (Å²) >= 11 is 0. The first kappa shape index (κ1) is 14.5. The van der Waals surface area contributed by atoms with Crippen LogP contribution >= 0.6 is 0 Å². The fraction of sp³-hybridized carbons (Fsp3) is 0.588. The lowest BCUT2D eigenvalue weighted by molar-refractivity contribution is -0.123. The number of hydrogen-bond donors (Lipinski definition) is 2. The van der Waals surface area contributed by atoms with Gasteiger partial charge in [0.05, 0.1) is 6.04 Å². The Morgan fingerprint density at radius 1 is 1.19 bits per heavy atom. The predicted molar refractivity (Wildman–Crippen MR) is 83.9 cm³/mol.